The van der Waals surface area contributed by atoms with Gasteiger partial charge in [-0.25, -0.2) is 9.18 Å². The molecule has 0 spiro atoms. The topological polar surface area (TPSA) is 37.3 Å². The number of nitrogens with one attached hydrogen (secondary N) is 1. The lowest BCUT2D eigenvalue weighted by atomic mass is 10.2. The number of amides is 2. The second-order valence-electron chi connectivity index (χ2n) is 6.43. The monoisotopic (exact) mass is 365 g/mol. The molecule has 140 valence electrons. The predicted octanol–water partition coefficient (Wildman–Crippen LogP) is 4.41. The van der Waals surface area contributed by atoms with Gasteiger partial charge in [-0.3, -0.25) is 0 Å². The average molecular weight is 365 g/mol. The molecule has 0 unspecified atom stereocenters. The molecule has 1 N–H and O–H groups in total. The van der Waals surface area contributed by atoms with E-state index in [-0.39, 0.29) is 11.8 Å². The van der Waals surface area contributed by atoms with Crippen molar-refractivity contribution in [3.05, 3.63) is 95.6 Å². The smallest absolute Gasteiger partial charge is 0.318 e. The van der Waals surface area contributed by atoms with Crippen molar-refractivity contribution in [2.24, 2.45) is 0 Å². The predicted molar refractivity (Wildman–Crippen MR) is 105 cm³/mol. The number of carbonyl (C=O) groups excluding carboxylic acids is 1. The van der Waals surface area contributed by atoms with Crippen LogP contribution in [0.25, 0.3) is 0 Å². The third-order valence-electron chi connectivity index (χ3n) is 4.37. The van der Waals surface area contributed by atoms with Crippen molar-refractivity contribution < 1.29 is 9.18 Å². The molecule has 2 amide bonds. The fourth-order valence-corrected chi connectivity index (χ4v) is 3.00. The maximum Gasteiger partial charge on any atom is 0.318 e. The summed E-state index contributed by atoms with van der Waals surface area (Å²) in [7, 11) is 0. The van der Waals surface area contributed by atoms with Gasteiger partial charge in [-0.05, 0) is 42.3 Å². The van der Waals surface area contributed by atoms with Crippen LogP contribution in [0, 0.1) is 5.82 Å². The van der Waals surface area contributed by atoms with Crippen molar-refractivity contribution in [2.45, 2.75) is 26.6 Å². The van der Waals surface area contributed by atoms with Crippen LogP contribution in [-0.2, 0) is 19.6 Å². The van der Waals surface area contributed by atoms with E-state index in [9.17, 15) is 9.18 Å². The number of aromatic nitrogens is 1. The molecule has 0 saturated carbocycles. The Morgan fingerprint density at radius 1 is 0.963 bits per heavy atom. The fraction of sp³-hybridized carbons (Fsp3) is 0.227. The van der Waals surface area contributed by atoms with Crippen LogP contribution in [0.1, 0.15) is 23.7 Å². The second-order valence-corrected chi connectivity index (χ2v) is 6.43. The largest absolute Gasteiger partial charge is 0.345 e. The normalized spacial score (nSPS) is 10.6. The third-order valence-corrected chi connectivity index (χ3v) is 4.37. The molecule has 0 fully saturated rings. The number of rotatable bonds is 7. The molecular formula is C22H24FN3O. The molecule has 27 heavy (non-hydrogen) atoms. The Morgan fingerprint density at radius 2 is 1.70 bits per heavy atom. The highest BCUT2D eigenvalue weighted by Crippen LogP contribution is 2.14. The highest BCUT2D eigenvalue weighted by atomic mass is 19.1. The van der Waals surface area contributed by atoms with Crippen LogP contribution in [0.15, 0.2) is 72.9 Å². The van der Waals surface area contributed by atoms with Gasteiger partial charge in [0.05, 0.1) is 6.54 Å². The van der Waals surface area contributed by atoms with Gasteiger partial charge in [-0.2, -0.15) is 0 Å². The molecule has 1 aromatic heterocycles. The van der Waals surface area contributed by atoms with Gasteiger partial charge in [-0.1, -0.05) is 42.5 Å². The minimum atomic E-state index is -0.239. The first-order valence-electron chi connectivity index (χ1n) is 9.11. The zero-order chi connectivity index (χ0) is 19.1. The van der Waals surface area contributed by atoms with Gasteiger partial charge in [0.25, 0.3) is 0 Å². The minimum Gasteiger partial charge on any atom is -0.345 e. The van der Waals surface area contributed by atoms with Crippen molar-refractivity contribution in [1.82, 2.24) is 14.8 Å². The summed E-state index contributed by atoms with van der Waals surface area (Å²) >= 11 is 0. The number of urea groups is 1. The van der Waals surface area contributed by atoms with Gasteiger partial charge >= 0.3 is 6.03 Å². The summed E-state index contributed by atoms with van der Waals surface area (Å²) in [5.74, 6) is -0.239. The van der Waals surface area contributed by atoms with Gasteiger partial charge in [0.1, 0.15) is 5.82 Å². The van der Waals surface area contributed by atoms with Gasteiger partial charge in [-0.15, -0.1) is 0 Å². The molecule has 3 aromatic rings. The summed E-state index contributed by atoms with van der Waals surface area (Å²) in [6.45, 7) is 4.16. The molecule has 0 aliphatic carbocycles. The molecule has 2 aromatic carbocycles. The molecule has 0 saturated heterocycles. The molecule has 0 aliphatic rings. The van der Waals surface area contributed by atoms with E-state index in [0.29, 0.717) is 26.2 Å². The van der Waals surface area contributed by atoms with E-state index in [1.54, 1.807) is 17.0 Å². The lowest BCUT2D eigenvalue weighted by molar-refractivity contribution is 0.191. The summed E-state index contributed by atoms with van der Waals surface area (Å²) in [4.78, 5) is 14.3. The van der Waals surface area contributed by atoms with Crippen LogP contribution < -0.4 is 5.32 Å². The summed E-state index contributed by atoms with van der Waals surface area (Å²) in [6.07, 6.45) is 1.98. The zero-order valence-electron chi connectivity index (χ0n) is 15.4. The Bertz CT molecular complexity index is 859. The molecule has 0 radical (unpaired) electrons. The Hall–Kier alpha value is -3.08. The number of hydrogen-bond donors (Lipinski definition) is 1. The number of nitrogens with zero attached hydrogens (tertiary/aromatic N) is 2. The van der Waals surface area contributed by atoms with Crippen molar-refractivity contribution in [3.63, 3.8) is 0 Å². The summed E-state index contributed by atoms with van der Waals surface area (Å²) in [5, 5.41) is 2.89. The van der Waals surface area contributed by atoms with Gasteiger partial charge in [0.2, 0.25) is 0 Å². The Labute approximate surface area is 159 Å². The summed E-state index contributed by atoms with van der Waals surface area (Å²) < 4.78 is 15.2. The number of carbonyl (C=O) groups is 1. The van der Waals surface area contributed by atoms with Crippen molar-refractivity contribution >= 4 is 6.03 Å². The molecule has 5 heteroatoms. The molecule has 4 nitrogen and oxygen atoms in total. The van der Waals surface area contributed by atoms with E-state index in [1.807, 2.05) is 55.6 Å². The molecule has 0 bridgehead atoms. The molecule has 0 aliphatic heterocycles. The minimum absolute atomic E-state index is 0.0871. The van der Waals surface area contributed by atoms with Crippen LogP contribution in [0.4, 0.5) is 9.18 Å². The lowest BCUT2D eigenvalue weighted by Crippen LogP contribution is -2.39. The number of halogens is 1. The lowest BCUT2D eigenvalue weighted by Gasteiger charge is -2.24. The third kappa shape index (κ3) is 5.20. The van der Waals surface area contributed by atoms with E-state index >= 15 is 0 Å². The van der Waals surface area contributed by atoms with E-state index in [1.165, 1.54) is 12.1 Å². The van der Waals surface area contributed by atoms with Crippen molar-refractivity contribution in [1.29, 1.82) is 0 Å². The van der Waals surface area contributed by atoms with Crippen molar-refractivity contribution in [2.75, 3.05) is 6.54 Å². The quantitative estimate of drug-likeness (QED) is 0.662. The van der Waals surface area contributed by atoms with Crippen LogP contribution >= 0.6 is 0 Å². The number of hydrogen-bond acceptors (Lipinski definition) is 1. The van der Waals surface area contributed by atoms with Crippen LogP contribution in [0.5, 0.6) is 0 Å². The highest BCUT2D eigenvalue weighted by molar-refractivity contribution is 5.74. The van der Waals surface area contributed by atoms with Gasteiger partial charge in [0.15, 0.2) is 0 Å². The first-order valence-corrected chi connectivity index (χ1v) is 9.11. The van der Waals surface area contributed by atoms with Crippen molar-refractivity contribution in [3.8, 4) is 0 Å². The Balaban J connectivity index is 1.76. The molecule has 3 rings (SSSR count). The van der Waals surface area contributed by atoms with E-state index in [2.05, 4.69) is 9.88 Å². The number of benzene rings is 2. The van der Waals surface area contributed by atoms with Crippen LogP contribution in [0.3, 0.4) is 0 Å². The summed E-state index contributed by atoms with van der Waals surface area (Å²) in [5.41, 5.74) is 3.13. The fourth-order valence-electron chi connectivity index (χ4n) is 3.00. The van der Waals surface area contributed by atoms with E-state index < -0.39 is 0 Å². The Kier molecular flexibility index (Phi) is 6.26. The van der Waals surface area contributed by atoms with Crippen LogP contribution in [-0.4, -0.2) is 22.0 Å². The average Bonchev–Trinajstić information content (AvgIpc) is 3.11. The van der Waals surface area contributed by atoms with E-state index in [0.717, 1.165) is 16.8 Å². The van der Waals surface area contributed by atoms with E-state index in [4.69, 9.17) is 0 Å². The highest BCUT2D eigenvalue weighted by Gasteiger charge is 2.15. The molecule has 0 atom stereocenters. The van der Waals surface area contributed by atoms with Crippen LogP contribution in [0.2, 0.25) is 0 Å². The maximum atomic E-state index is 13.1. The zero-order valence-corrected chi connectivity index (χ0v) is 15.4. The molecule has 1 heterocycles. The van der Waals surface area contributed by atoms with Gasteiger partial charge in [0, 0.05) is 31.5 Å². The second kappa shape index (κ2) is 9.03. The standard InChI is InChI=1S/C22H24FN3O/c1-2-24-22(27)26(16-18-7-4-3-5-8-18)17-21-9-6-14-25(21)15-19-10-12-20(23)13-11-19/h3-14H,2,15-17H2,1H3,(H,24,27). The molecular weight excluding hydrogens is 341 g/mol. The summed E-state index contributed by atoms with van der Waals surface area (Å²) in [6, 6.07) is 20.3. The SMILES string of the molecule is CCNC(=O)N(Cc1ccccc1)Cc1cccn1Cc1ccc(F)cc1. The first kappa shape index (κ1) is 18.7. The Morgan fingerprint density at radius 3 is 2.41 bits per heavy atom. The first-order chi connectivity index (χ1) is 13.2. The maximum absolute atomic E-state index is 13.1. The van der Waals surface area contributed by atoms with Gasteiger partial charge < -0.3 is 14.8 Å².